The fraction of sp³-hybridized carbons (Fsp3) is 0.194. The Bertz CT molecular complexity index is 1650. The average Bonchev–Trinajstić information content (AvgIpc) is 3.02. The monoisotopic (exact) mass is 607 g/mol. The summed E-state index contributed by atoms with van der Waals surface area (Å²) < 4.78 is 5.73. The van der Waals surface area contributed by atoms with Gasteiger partial charge >= 0.3 is 0 Å². The van der Waals surface area contributed by atoms with Crippen LogP contribution in [-0.2, 0) is 9.59 Å². The van der Waals surface area contributed by atoms with Crippen LogP contribution in [0.15, 0.2) is 108 Å². The summed E-state index contributed by atoms with van der Waals surface area (Å²) in [4.78, 5) is 40.6. The number of amides is 3. The Hall–Kier alpha value is -4.82. The molecular formula is C36H37N3O4S. The molecule has 44 heavy (non-hydrogen) atoms. The molecule has 0 spiro atoms. The van der Waals surface area contributed by atoms with Gasteiger partial charge in [-0.3, -0.25) is 14.4 Å². The van der Waals surface area contributed by atoms with Crippen molar-refractivity contribution in [3.05, 3.63) is 125 Å². The van der Waals surface area contributed by atoms with E-state index in [0.717, 1.165) is 16.1 Å². The number of benzene rings is 4. The molecule has 0 aliphatic carbocycles. The van der Waals surface area contributed by atoms with Gasteiger partial charge < -0.3 is 20.7 Å². The van der Waals surface area contributed by atoms with E-state index in [4.69, 9.17) is 4.74 Å². The first-order valence-electron chi connectivity index (χ1n) is 14.5. The first-order chi connectivity index (χ1) is 21.3. The van der Waals surface area contributed by atoms with Crippen LogP contribution in [0.1, 0.15) is 47.3 Å². The van der Waals surface area contributed by atoms with Gasteiger partial charge in [-0.2, -0.15) is 0 Å². The number of carbonyl (C=O) groups is 3. The van der Waals surface area contributed by atoms with E-state index in [1.165, 1.54) is 17.3 Å². The first-order valence-corrected chi connectivity index (χ1v) is 15.4. The Kier molecular flexibility index (Phi) is 11.4. The number of thioether (sulfide) groups is 1. The van der Waals surface area contributed by atoms with E-state index < -0.39 is 11.8 Å². The van der Waals surface area contributed by atoms with Gasteiger partial charge in [-0.15, -0.1) is 11.8 Å². The Morgan fingerprint density at radius 1 is 0.795 bits per heavy atom. The number of carbonyl (C=O) groups excluding carboxylic acids is 3. The summed E-state index contributed by atoms with van der Waals surface area (Å²) >= 11 is 1.43. The maximum atomic E-state index is 13.6. The number of hydrogen-bond donors (Lipinski definition) is 3. The largest absolute Gasteiger partial charge is 0.493 e. The summed E-state index contributed by atoms with van der Waals surface area (Å²) in [6.45, 7) is 8.35. The van der Waals surface area contributed by atoms with Crippen molar-refractivity contribution >= 4 is 46.9 Å². The minimum absolute atomic E-state index is 0.0586. The normalized spacial score (nSPS) is 11.8. The highest BCUT2D eigenvalue weighted by atomic mass is 32.2. The van der Waals surface area contributed by atoms with E-state index in [1.54, 1.807) is 36.4 Å². The van der Waals surface area contributed by atoms with E-state index in [1.807, 2.05) is 94.4 Å². The zero-order valence-corrected chi connectivity index (χ0v) is 26.2. The molecule has 3 N–H and O–H groups in total. The Balaban J connectivity index is 1.53. The Labute approximate surface area is 263 Å². The molecule has 0 heterocycles. The van der Waals surface area contributed by atoms with E-state index in [0.29, 0.717) is 35.6 Å². The molecule has 0 bridgehead atoms. The second-order valence-electron chi connectivity index (χ2n) is 10.1. The molecule has 0 aromatic heterocycles. The van der Waals surface area contributed by atoms with Gasteiger partial charge in [0.15, 0.2) is 0 Å². The van der Waals surface area contributed by atoms with E-state index in [2.05, 4.69) is 16.0 Å². The van der Waals surface area contributed by atoms with Crippen molar-refractivity contribution in [2.45, 2.75) is 44.3 Å². The molecule has 4 aromatic rings. The summed E-state index contributed by atoms with van der Waals surface area (Å²) in [7, 11) is 0. The fourth-order valence-corrected chi connectivity index (χ4v) is 5.37. The predicted molar refractivity (Wildman–Crippen MR) is 179 cm³/mol. The lowest BCUT2D eigenvalue weighted by Gasteiger charge is -2.16. The van der Waals surface area contributed by atoms with Crippen molar-refractivity contribution in [1.29, 1.82) is 0 Å². The zero-order valence-electron chi connectivity index (χ0n) is 25.3. The molecule has 1 atom stereocenters. The number of anilines is 2. The summed E-state index contributed by atoms with van der Waals surface area (Å²) in [5, 5.41) is 8.36. The predicted octanol–water partition coefficient (Wildman–Crippen LogP) is 7.62. The van der Waals surface area contributed by atoms with Gasteiger partial charge in [-0.05, 0) is 92.9 Å². The highest BCUT2D eigenvalue weighted by Crippen LogP contribution is 2.29. The number of rotatable bonds is 12. The molecule has 0 aliphatic heterocycles. The highest BCUT2D eigenvalue weighted by molar-refractivity contribution is 8.00. The molecule has 0 fully saturated rings. The van der Waals surface area contributed by atoms with Crippen LogP contribution in [0.3, 0.4) is 0 Å². The summed E-state index contributed by atoms with van der Waals surface area (Å²) in [6.07, 6.45) is 2.22. The third-order valence-corrected chi connectivity index (χ3v) is 8.21. The van der Waals surface area contributed by atoms with Gasteiger partial charge in [0.25, 0.3) is 11.8 Å². The lowest BCUT2D eigenvalue weighted by atomic mass is 10.1. The molecule has 4 rings (SSSR count). The quantitative estimate of drug-likeness (QED) is 0.114. The third kappa shape index (κ3) is 8.84. The number of hydrogen-bond acceptors (Lipinski definition) is 5. The molecule has 0 radical (unpaired) electrons. The van der Waals surface area contributed by atoms with Crippen molar-refractivity contribution in [1.82, 2.24) is 5.32 Å². The van der Waals surface area contributed by atoms with E-state index in [-0.39, 0.29) is 16.9 Å². The van der Waals surface area contributed by atoms with Crippen LogP contribution >= 0.6 is 11.8 Å². The maximum Gasteiger partial charge on any atom is 0.272 e. The number of para-hydroxylation sites is 1. The molecular weight excluding hydrogens is 570 g/mol. The van der Waals surface area contributed by atoms with Gasteiger partial charge in [-0.1, -0.05) is 55.5 Å². The van der Waals surface area contributed by atoms with Crippen molar-refractivity contribution in [2.24, 2.45) is 0 Å². The molecule has 0 saturated carbocycles. The lowest BCUT2D eigenvalue weighted by Crippen LogP contribution is -2.30. The summed E-state index contributed by atoms with van der Waals surface area (Å²) in [5.74, 6) is -0.401. The van der Waals surface area contributed by atoms with Gasteiger partial charge in [0.1, 0.15) is 11.4 Å². The summed E-state index contributed by atoms with van der Waals surface area (Å²) in [5.41, 5.74) is 4.71. The third-order valence-electron chi connectivity index (χ3n) is 6.86. The standard InChI is InChI=1S/C36H37N3O4S/c1-5-33(36(42)38-29-20-19-24(3)25(4)21-29)44-30-17-12-16-28(23-30)37-35(41)31(39-34(40)26-13-8-7-9-14-26)22-27-15-10-11-18-32(27)43-6-2/h7-23,33H,5-6H2,1-4H3,(H,37,41)(H,38,42)(H,39,40)/b31-22+. The average molecular weight is 608 g/mol. The minimum Gasteiger partial charge on any atom is -0.493 e. The first kappa shape index (κ1) is 32.1. The molecule has 3 amide bonds. The van der Waals surface area contributed by atoms with Gasteiger partial charge in [0.2, 0.25) is 5.91 Å². The van der Waals surface area contributed by atoms with E-state index >= 15 is 0 Å². The van der Waals surface area contributed by atoms with Gasteiger partial charge in [0.05, 0.1) is 11.9 Å². The second kappa shape index (κ2) is 15.6. The van der Waals surface area contributed by atoms with E-state index in [9.17, 15) is 14.4 Å². The molecule has 4 aromatic carbocycles. The molecule has 8 heteroatoms. The molecule has 7 nitrogen and oxygen atoms in total. The second-order valence-corrected chi connectivity index (χ2v) is 11.4. The van der Waals surface area contributed by atoms with Crippen LogP contribution in [0.25, 0.3) is 6.08 Å². The number of aryl methyl sites for hydroxylation is 2. The van der Waals surface area contributed by atoms with Crippen LogP contribution < -0.4 is 20.7 Å². The van der Waals surface area contributed by atoms with Crippen LogP contribution in [-0.4, -0.2) is 29.6 Å². The van der Waals surface area contributed by atoms with Crippen LogP contribution in [0.4, 0.5) is 11.4 Å². The minimum atomic E-state index is -0.498. The van der Waals surface area contributed by atoms with Gasteiger partial charge in [0, 0.05) is 27.4 Å². The van der Waals surface area contributed by atoms with Crippen molar-refractivity contribution < 1.29 is 19.1 Å². The lowest BCUT2D eigenvalue weighted by molar-refractivity contribution is -0.116. The SMILES string of the molecule is CCOc1ccccc1/C=C(/NC(=O)c1ccccc1)C(=O)Nc1cccc(SC(CC)C(=O)Nc2ccc(C)c(C)c2)c1. The number of nitrogens with one attached hydrogen (secondary N) is 3. The number of ether oxygens (including phenoxy) is 1. The van der Waals surface area contributed by atoms with Crippen molar-refractivity contribution in [3.63, 3.8) is 0 Å². The maximum absolute atomic E-state index is 13.6. The molecule has 226 valence electrons. The molecule has 0 aliphatic rings. The smallest absolute Gasteiger partial charge is 0.272 e. The summed E-state index contributed by atoms with van der Waals surface area (Å²) in [6, 6.07) is 29.2. The van der Waals surface area contributed by atoms with Crippen molar-refractivity contribution in [2.75, 3.05) is 17.2 Å². The molecule has 1 unspecified atom stereocenters. The zero-order chi connectivity index (χ0) is 31.5. The molecule has 0 saturated heterocycles. The Morgan fingerprint density at radius 3 is 2.25 bits per heavy atom. The van der Waals surface area contributed by atoms with Crippen LogP contribution in [0.2, 0.25) is 0 Å². The Morgan fingerprint density at radius 2 is 1.52 bits per heavy atom. The van der Waals surface area contributed by atoms with Gasteiger partial charge in [-0.25, -0.2) is 0 Å². The van der Waals surface area contributed by atoms with Crippen molar-refractivity contribution in [3.8, 4) is 5.75 Å². The highest BCUT2D eigenvalue weighted by Gasteiger charge is 2.20. The topological polar surface area (TPSA) is 96.5 Å². The fourth-order valence-electron chi connectivity index (χ4n) is 4.36. The van der Waals surface area contributed by atoms with Crippen LogP contribution in [0.5, 0.6) is 5.75 Å². The van der Waals surface area contributed by atoms with Crippen LogP contribution in [0, 0.1) is 13.8 Å².